The largest absolute Gasteiger partial charge is 0.444 e. The molecular formula is C22H25ClN4O3S. The molecule has 7 nitrogen and oxygen atoms in total. The zero-order valence-electron chi connectivity index (χ0n) is 17.6. The number of benzene rings is 2. The van der Waals surface area contributed by atoms with Crippen LogP contribution in [0.3, 0.4) is 0 Å². The Morgan fingerprint density at radius 3 is 2.71 bits per heavy atom. The minimum atomic E-state index is -0.219. The summed E-state index contributed by atoms with van der Waals surface area (Å²) in [7, 11) is 0. The van der Waals surface area contributed by atoms with Gasteiger partial charge in [-0.05, 0) is 47.3 Å². The second-order valence-corrected chi connectivity index (χ2v) is 8.55. The van der Waals surface area contributed by atoms with Crippen LogP contribution in [0, 0.1) is 6.92 Å². The van der Waals surface area contributed by atoms with Crippen molar-refractivity contribution in [3.05, 3.63) is 53.1 Å². The number of carbonyl (C=O) groups is 1. The van der Waals surface area contributed by atoms with E-state index in [0.717, 1.165) is 65.1 Å². The van der Waals surface area contributed by atoms with Crippen molar-refractivity contribution in [1.82, 2.24) is 14.6 Å². The van der Waals surface area contributed by atoms with Crippen LogP contribution < -0.4 is 4.90 Å². The summed E-state index contributed by atoms with van der Waals surface area (Å²) in [6, 6.07) is 12.3. The number of nitrogens with zero attached hydrogens (tertiary/aromatic N) is 4. The van der Waals surface area contributed by atoms with Crippen molar-refractivity contribution in [3.63, 3.8) is 0 Å². The topological polar surface area (TPSA) is 71.7 Å². The first-order valence-corrected chi connectivity index (χ1v) is 11.9. The SMILES string of the molecule is CCl.Cc1cccc2c1N(C1CCN(SCc3cccc4nonc34)CC1)C(=O)OC2. The molecule has 0 atom stereocenters. The number of alkyl halides is 1. The molecule has 164 valence electrons. The van der Waals surface area contributed by atoms with Gasteiger partial charge in [0.25, 0.3) is 0 Å². The molecule has 9 heteroatoms. The number of piperidine rings is 1. The van der Waals surface area contributed by atoms with Crippen molar-refractivity contribution in [2.24, 2.45) is 0 Å². The number of fused-ring (bicyclic) bond motifs is 2. The van der Waals surface area contributed by atoms with Crippen molar-refractivity contribution in [3.8, 4) is 0 Å². The Bertz CT molecular complexity index is 1050. The number of carbonyl (C=O) groups excluding carboxylic acids is 1. The number of cyclic esters (lactones) is 1. The molecule has 2 aliphatic rings. The van der Waals surface area contributed by atoms with Crippen LogP contribution in [0.2, 0.25) is 0 Å². The van der Waals surface area contributed by atoms with Crippen molar-refractivity contribution in [2.45, 2.75) is 38.2 Å². The number of halogens is 1. The van der Waals surface area contributed by atoms with E-state index in [4.69, 9.17) is 9.37 Å². The van der Waals surface area contributed by atoms with Gasteiger partial charge in [-0.1, -0.05) is 42.3 Å². The summed E-state index contributed by atoms with van der Waals surface area (Å²) < 4.78 is 12.7. The Labute approximate surface area is 190 Å². The Hall–Kier alpha value is -2.29. The third-order valence-electron chi connectivity index (χ3n) is 5.67. The van der Waals surface area contributed by atoms with Crippen molar-refractivity contribution >= 4 is 46.4 Å². The van der Waals surface area contributed by atoms with E-state index in [0.29, 0.717) is 6.61 Å². The number of amides is 1. The second kappa shape index (κ2) is 9.89. The van der Waals surface area contributed by atoms with Gasteiger partial charge in [0.15, 0.2) is 0 Å². The number of aryl methyl sites for hydroxylation is 1. The van der Waals surface area contributed by atoms with Crippen LogP contribution in [0.5, 0.6) is 0 Å². The average molecular weight is 461 g/mol. The molecule has 3 aromatic rings. The maximum absolute atomic E-state index is 12.6. The molecule has 31 heavy (non-hydrogen) atoms. The third kappa shape index (κ3) is 4.51. The number of anilines is 1. The highest BCUT2D eigenvalue weighted by Gasteiger charge is 2.35. The van der Waals surface area contributed by atoms with Crippen molar-refractivity contribution in [2.75, 3.05) is 24.4 Å². The summed E-state index contributed by atoms with van der Waals surface area (Å²) in [5.74, 6) is 0.823. The van der Waals surface area contributed by atoms with Gasteiger partial charge in [-0.25, -0.2) is 9.42 Å². The molecule has 3 heterocycles. The van der Waals surface area contributed by atoms with E-state index < -0.39 is 0 Å². The zero-order valence-corrected chi connectivity index (χ0v) is 19.2. The maximum atomic E-state index is 12.6. The van der Waals surface area contributed by atoms with Gasteiger partial charge in [-0.3, -0.25) is 9.21 Å². The van der Waals surface area contributed by atoms with E-state index in [1.54, 1.807) is 11.9 Å². The minimum absolute atomic E-state index is 0.169. The summed E-state index contributed by atoms with van der Waals surface area (Å²) in [6.45, 7) is 4.28. The molecule has 0 unspecified atom stereocenters. The van der Waals surface area contributed by atoms with Gasteiger partial charge in [0.05, 0.1) is 5.69 Å². The number of rotatable bonds is 4. The molecule has 0 bridgehead atoms. The first-order chi connectivity index (χ1) is 15.2. The molecule has 1 saturated heterocycles. The number of aromatic nitrogens is 2. The quantitative estimate of drug-likeness (QED) is 0.393. The summed E-state index contributed by atoms with van der Waals surface area (Å²) in [6.07, 6.45) is 3.10. The average Bonchev–Trinajstić information content (AvgIpc) is 3.30. The van der Waals surface area contributed by atoms with Gasteiger partial charge in [0.2, 0.25) is 0 Å². The normalized spacial score (nSPS) is 17.1. The fourth-order valence-corrected chi connectivity index (χ4v) is 5.21. The highest BCUT2D eigenvalue weighted by atomic mass is 35.5. The van der Waals surface area contributed by atoms with Crippen molar-refractivity contribution < 1.29 is 14.2 Å². The number of para-hydroxylation sites is 1. The Morgan fingerprint density at radius 2 is 1.90 bits per heavy atom. The second-order valence-electron chi connectivity index (χ2n) is 7.49. The standard InChI is InChI=1S/C21H22N4O3S.CH3Cl/c1-14-4-2-5-15-12-27-21(26)25(20(14)15)17-8-10-24(11-9-17)29-13-16-6-3-7-18-19(16)23-28-22-18;1-2/h2-7,17H,8-13H2,1H3;1H3. The molecule has 0 N–H and O–H groups in total. The van der Waals surface area contributed by atoms with Gasteiger partial charge in [-0.2, -0.15) is 0 Å². The molecule has 2 aliphatic heterocycles. The lowest BCUT2D eigenvalue weighted by Gasteiger charge is -2.40. The lowest BCUT2D eigenvalue weighted by molar-refractivity contribution is 0.136. The fourth-order valence-electron chi connectivity index (χ4n) is 4.18. The Morgan fingerprint density at radius 1 is 1.13 bits per heavy atom. The predicted octanol–water partition coefficient (Wildman–Crippen LogP) is 5.16. The van der Waals surface area contributed by atoms with Crippen LogP contribution in [0.15, 0.2) is 41.0 Å². The highest BCUT2D eigenvalue weighted by Crippen LogP contribution is 2.35. The van der Waals surface area contributed by atoms with Crippen LogP contribution >= 0.6 is 23.5 Å². The van der Waals surface area contributed by atoms with E-state index in [2.05, 4.69) is 45.3 Å². The first-order valence-electron chi connectivity index (χ1n) is 10.2. The van der Waals surface area contributed by atoms with E-state index in [-0.39, 0.29) is 12.1 Å². The lowest BCUT2D eigenvalue weighted by Crippen LogP contribution is -2.48. The molecule has 0 saturated carbocycles. The van der Waals surface area contributed by atoms with Crippen molar-refractivity contribution in [1.29, 1.82) is 0 Å². The van der Waals surface area contributed by atoms with Crippen LogP contribution in [-0.2, 0) is 17.1 Å². The maximum Gasteiger partial charge on any atom is 0.414 e. The van der Waals surface area contributed by atoms with E-state index in [1.165, 1.54) is 6.38 Å². The van der Waals surface area contributed by atoms with Gasteiger partial charge in [-0.15, -0.1) is 11.6 Å². The van der Waals surface area contributed by atoms with E-state index in [9.17, 15) is 4.79 Å². The minimum Gasteiger partial charge on any atom is -0.444 e. The number of ether oxygens (including phenoxy) is 1. The lowest BCUT2D eigenvalue weighted by atomic mass is 10.00. The Kier molecular flexibility index (Phi) is 6.99. The molecule has 1 aromatic heterocycles. The molecule has 0 radical (unpaired) electrons. The number of hydrogen-bond donors (Lipinski definition) is 0. The smallest absolute Gasteiger partial charge is 0.414 e. The molecule has 1 amide bonds. The van der Waals surface area contributed by atoms with Crippen LogP contribution in [-0.4, -0.2) is 46.2 Å². The summed E-state index contributed by atoms with van der Waals surface area (Å²) in [5, 5.41) is 7.93. The summed E-state index contributed by atoms with van der Waals surface area (Å²) >= 11 is 6.44. The van der Waals surface area contributed by atoms with Gasteiger partial charge < -0.3 is 4.74 Å². The molecule has 5 rings (SSSR count). The highest BCUT2D eigenvalue weighted by molar-refractivity contribution is 7.96. The summed E-state index contributed by atoms with van der Waals surface area (Å²) in [4.78, 5) is 14.4. The third-order valence-corrected chi connectivity index (χ3v) is 6.84. The molecule has 1 fully saturated rings. The zero-order chi connectivity index (χ0) is 21.8. The molecule has 0 spiro atoms. The molecule has 0 aliphatic carbocycles. The van der Waals surface area contributed by atoms with Crippen LogP contribution in [0.25, 0.3) is 11.0 Å². The van der Waals surface area contributed by atoms with Gasteiger partial charge in [0, 0.05) is 36.8 Å². The van der Waals surface area contributed by atoms with E-state index in [1.807, 2.05) is 29.2 Å². The van der Waals surface area contributed by atoms with Crippen LogP contribution in [0.1, 0.15) is 29.5 Å². The summed E-state index contributed by atoms with van der Waals surface area (Å²) in [5.41, 5.74) is 6.01. The van der Waals surface area contributed by atoms with Gasteiger partial charge in [0.1, 0.15) is 17.6 Å². The molecule has 2 aromatic carbocycles. The first kappa shape index (κ1) is 21.9. The predicted molar refractivity (Wildman–Crippen MR) is 123 cm³/mol. The Balaban J connectivity index is 0.00000112. The van der Waals surface area contributed by atoms with Crippen LogP contribution in [0.4, 0.5) is 10.5 Å². The molecular weight excluding hydrogens is 436 g/mol. The number of hydrogen-bond acceptors (Lipinski definition) is 7. The van der Waals surface area contributed by atoms with Gasteiger partial charge >= 0.3 is 6.09 Å². The monoisotopic (exact) mass is 460 g/mol. The fraction of sp³-hybridized carbons (Fsp3) is 0.409. The van der Waals surface area contributed by atoms with E-state index >= 15 is 0 Å².